The van der Waals surface area contributed by atoms with Crippen LogP contribution in [0.25, 0.3) is 0 Å². The molecule has 102 valence electrons. The fraction of sp³-hybridized carbons (Fsp3) is 0.733. The van der Waals surface area contributed by atoms with Gasteiger partial charge in [0.05, 0.1) is 12.2 Å². The quantitative estimate of drug-likeness (QED) is 0.450. The van der Waals surface area contributed by atoms with Gasteiger partial charge in [-0.2, -0.15) is 0 Å². The monoisotopic (exact) mass is 249 g/mol. The van der Waals surface area contributed by atoms with Gasteiger partial charge in [-0.15, -0.1) is 5.10 Å². The van der Waals surface area contributed by atoms with Crippen molar-refractivity contribution >= 4 is 0 Å². The molecule has 1 aromatic heterocycles. The molecule has 0 aliphatic rings. The van der Waals surface area contributed by atoms with E-state index in [0.717, 1.165) is 12.8 Å². The largest absolute Gasteiger partial charge is 0.245 e. The summed E-state index contributed by atoms with van der Waals surface area (Å²) in [7, 11) is 0. The van der Waals surface area contributed by atoms with E-state index in [9.17, 15) is 0 Å². The summed E-state index contributed by atoms with van der Waals surface area (Å²) in [6.07, 6.45) is 13.6. The summed E-state index contributed by atoms with van der Waals surface area (Å²) < 4.78 is 1.98. The molecule has 3 nitrogen and oxygen atoms in total. The Bertz CT molecular complexity index is 316. The Kier molecular flexibility index (Phi) is 7.38. The molecule has 0 aliphatic carbocycles. The highest BCUT2D eigenvalue weighted by Gasteiger charge is 2.14. The third kappa shape index (κ3) is 5.03. The minimum atomic E-state index is 0.343. The van der Waals surface area contributed by atoms with Gasteiger partial charge in [-0.25, -0.2) is 4.68 Å². The molecule has 1 unspecified atom stereocenters. The van der Waals surface area contributed by atoms with Crippen molar-refractivity contribution in [3.05, 3.63) is 24.5 Å². The van der Waals surface area contributed by atoms with E-state index in [-0.39, 0.29) is 0 Å². The number of hydrogen-bond donors (Lipinski definition) is 0. The molecule has 1 heterocycles. The van der Waals surface area contributed by atoms with Gasteiger partial charge in [-0.1, -0.05) is 63.3 Å². The molecule has 0 saturated heterocycles. The lowest BCUT2D eigenvalue weighted by molar-refractivity contribution is 0.435. The van der Waals surface area contributed by atoms with Gasteiger partial charge in [0.25, 0.3) is 0 Å². The predicted molar refractivity (Wildman–Crippen MR) is 76.5 cm³/mol. The fourth-order valence-corrected chi connectivity index (χ4v) is 2.26. The highest BCUT2D eigenvalue weighted by molar-refractivity contribution is 5.03. The third-order valence-electron chi connectivity index (χ3n) is 3.41. The van der Waals surface area contributed by atoms with E-state index < -0.39 is 0 Å². The zero-order valence-electron chi connectivity index (χ0n) is 11.9. The lowest BCUT2D eigenvalue weighted by Gasteiger charge is -2.19. The van der Waals surface area contributed by atoms with Crippen molar-refractivity contribution in [3.8, 4) is 0 Å². The highest BCUT2D eigenvalue weighted by atomic mass is 15.4. The van der Waals surface area contributed by atoms with Crippen LogP contribution in [-0.4, -0.2) is 15.0 Å². The predicted octanol–water partition coefficient (Wildman–Crippen LogP) is 4.54. The van der Waals surface area contributed by atoms with Crippen LogP contribution in [0.5, 0.6) is 0 Å². The van der Waals surface area contributed by atoms with Gasteiger partial charge < -0.3 is 0 Å². The van der Waals surface area contributed by atoms with Crippen molar-refractivity contribution in [2.45, 2.75) is 71.3 Å². The molecule has 18 heavy (non-hydrogen) atoms. The standard InChI is InChI=1S/C15H27N3/c1-4-6-8-10-14(3)15(11-9-7-5-2)18-13-12-16-17-18/h12-13,15H,3-11H2,1-2H3. The van der Waals surface area contributed by atoms with E-state index in [1.807, 2.05) is 10.9 Å². The molecule has 0 amide bonds. The van der Waals surface area contributed by atoms with E-state index in [1.54, 1.807) is 6.20 Å². The molecule has 0 N–H and O–H groups in total. The van der Waals surface area contributed by atoms with Crippen molar-refractivity contribution in [1.29, 1.82) is 0 Å². The van der Waals surface area contributed by atoms with Gasteiger partial charge >= 0.3 is 0 Å². The Morgan fingerprint density at radius 3 is 2.50 bits per heavy atom. The van der Waals surface area contributed by atoms with E-state index in [2.05, 4.69) is 30.7 Å². The molecule has 1 atom stereocenters. The molecule has 1 rings (SSSR count). The maximum absolute atomic E-state index is 4.27. The Balaban J connectivity index is 2.51. The number of rotatable bonds is 10. The van der Waals surface area contributed by atoms with Crippen LogP contribution in [0.2, 0.25) is 0 Å². The number of allylic oxidation sites excluding steroid dienone is 1. The summed E-state index contributed by atoms with van der Waals surface area (Å²) >= 11 is 0. The van der Waals surface area contributed by atoms with Crippen molar-refractivity contribution in [2.24, 2.45) is 0 Å². The Hall–Kier alpha value is -1.12. The average molecular weight is 249 g/mol. The summed E-state index contributed by atoms with van der Waals surface area (Å²) in [5.41, 5.74) is 1.31. The first-order chi connectivity index (χ1) is 8.79. The molecular weight excluding hydrogens is 222 g/mol. The molecule has 0 spiro atoms. The van der Waals surface area contributed by atoms with Crippen molar-refractivity contribution in [3.63, 3.8) is 0 Å². The second-order valence-corrected chi connectivity index (χ2v) is 5.01. The summed E-state index contributed by atoms with van der Waals surface area (Å²) in [5.74, 6) is 0. The number of hydrogen-bond acceptors (Lipinski definition) is 2. The van der Waals surface area contributed by atoms with E-state index in [1.165, 1.54) is 44.1 Å². The van der Waals surface area contributed by atoms with Gasteiger partial charge in [0.15, 0.2) is 0 Å². The molecule has 1 aromatic rings. The molecule has 0 radical (unpaired) electrons. The third-order valence-corrected chi connectivity index (χ3v) is 3.41. The van der Waals surface area contributed by atoms with Crippen LogP contribution in [0, 0.1) is 0 Å². The number of nitrogens with zero attached hydrogens (tertiary/aromatic N) is 3. The summed E-state index contributed by atoms with van der Waals surface area (Å²) in [6, 6.07) is 0.343. The zero-order chi connectivity index (χ0) is 13.2. The van der Waals surface area contributed by atoms with Gasteiger partial charge in [0.2, 0.25) is 0 Å². The average Bonchev–Trinajstić information content (AvgIpc) is 2.88. The van der Waals surface area contributed by atoms with Crippen LogP contribution in [0.1, 0.15) is 71.3 Å². The van der Waals surface area contributed by atoms with E-state index in [0.29, 0.717) is 6.04 Å². The first kappa shape index (κ1) is 14.9. The normalized spacial score (nSPS) is 12.6. The van der Waals surface area contributed by atoms with Gasteiger partial charge in [-0.3, -0.25) is 0 Å². The number of aromatic nitrogens is 3. The number of unbranched alkanes of at least 4 members (excludes halogenated alkanes) is 4. The highest BCUT2D eigenvalue weighted by Crippen LogP contribution is 2.26. The van der Waals surface area contributed by atoms with Gasteiger partial charge in [0.1, 0.15) is 0 Å². The van der Waals surface area contributed by atoms with Crippen LogP contribution >= 0.6 is 0 Å². The van der Waals surface area contributed by atoms with Gasteiger partial charge in [-0.05, 0) is 19.3 Å². The van der Waals surface area contributed by atoms with Gasteiger partial charge in [0, 0.05) is 6.20 Å². The minimum absolute atomic E-state index is 0.343. The Morgan fingerprint density at radius 2 is 1.89 bits per heavy atom. The van der Waals surface area contributed by atoms with Crippen molar-refractivity contribution in [2.75, 3.05) is 0 Å². The Labute approximate surface area is 111 Å². The maximum Gasteiger partial charge on any atom is 0.0743 e. The van der Waals surface area contributed by atoms with Crippen LogP contribution in [0.15, 0.2) is 24.5 Å². The van der Waals surface area contributed by atoms with Crippen LogP contribution in [0.3, 0.4) is 0 Å². The molecular formula is C15H27N3. The molecule has 0 aliphatic heterocycles. The van der Waals surface area contributed by atoms with Crippen LogP contribution in [0.4, 0.5) is 0 Å². The van der Waals surface area contributed by atoms with Crippen molar-refractivity contribution < 1.29 is 0 Å². The summed E-state index contributed by atoms with van der Waals surface area (Å²) in [6.45, 7) is 8.74. The maximum atomic E-state index is 4.27. The Morgan fingerprint density at radius 1 is 1.17 bits per heavy atom. The summed E-state index contributed by atoms with van der Waals surface area (Å²) in [4.78, 5) is 0. The smallest absolute Gasteiger partial charge is 0.0743 e. The molecule has 0 bridgehead atoms. The van der Waals surface area contributed by atoms with Crippen LogP contribution in [-0.2, 0) is 0 Å². The first-order valence-electron chi connectivity index (χ1n) is 7.33. The second-order valence-electron chi connectivity index (χ2n) is 5.01. The lowest BCUT2D eigenvalue weighted by Crippen LogP contribution is -2.12. The SMILES string of the molecule is C=C(CCCCC)C(CCCCC)n1ccnn1. The van der Waals surface area contributed by atoms with Crippen LogP contribution < -0.4 is 0 Å². The second kappa shape index (κ2) is 8.90. The van der Waals surface area contributed by atoms with E-state index in [4.69, 9.17) is 0 Å². The molecule has 3 heteroatoms. The summed E-state index contributed by atoms with van der Waals surface area (Å²) in [5, 5.41) is 8.07. The van der Waals surface area contributed by atoms with E-state index >= 15 is 0 Å². The molecule has 0 fully saturated rings. The zero-order valence-corrected chi connectivity index (χ0v) is 11.9. The minimum Gasteiger partial charge on any atom is -0.245 e. The lowest BCUT2D eigenvalue weighted by atomic mass is 9.97. The topological polar surface area (TPSA) is 30.7 Å². The molecule has 0 aromatic carbocycles. The fourth-order valence-electron chi connectivity index (χ4n) is 2.26. The molecule has 0 saturated carbocycles. The first-order valence-corrected chi connectivity index (χ1v) is 7.33. The van der Waals surface area contributed by atoms with Crippen molar-refractivity contribution in [1.82, 2.24) is 15.0 Å².